The van der Waals surface area contributed by atoms with E-state index >= 15 is 0 Å². The molecule has 1 aliphatic carbocycles. The average Bonchev–Trinajstić information content (AvgIpc) is 2.97. The number of methoxy groups -OCH3 is 2. The summed E-state index contributed by atoms with van der Waals surface area (Å²) in [6.07, 6.45) is 8.02. The predicted molar refractivity (Wildman–Crippen MR) is 110 cm³/mol. The molecule has 0 atom stereocenters. The van der Waals surface area contributed by atoms with Crippen LogP contribution in [0, 0.1) is 0 Å². The van der Waals surface area contributed by atoms with E-state index in [1.54, 1.807) is 21.1 Å². The summed E-state index contributed by atoms with van der Waals surface area (Å²) in [4.78, 5) is 26.2. The molecule has 1 saturated carbocycles. The van der Waals surface area contributed by atoms with Crippen molar-refractivity contribution in [3.8, 4) is 11.5 Å². The van der Waals surface area contributed by atoms with Crippen LogP contribution >= 0.6 is 0 Å². The highest BCUT2D eigenvalue weighted by Crippen LogP contribution is 2.27. The lowest BCUT2D eigenvalue weighted by Gasteiger charge is -2.30. The van der Waals surface area contributed by atoms with Crippen LogP contribution in [-0.4, -0.2) is 50.1 Å². The molecule has 0 aromatic heterocycles. The fourth-order valence-corrected chi connectivity index (χ4v) is 3.86. The van der Waals surface area contributed by atoms with E-state index in [4.69, 9.17) is 9.47 Å². The largest absolute Gasteiger partial charge is 0.493 e. The zero-order valence-electron chi connectivity index (χ0n) is 17.5. The van der Waals surface area contributed by atoms with Gasteiger partial charge in [-0.2, -0.15) is 0 Å². The molecule has 0 spiro atoms. The minimum atomic E-state index is -0.0136. The molecule has 1 N–H and O–H groups in total. The van der Waals surface area contributed by atoms with Crippen LogP contribution in [0.15, 0.2) is 18.2 Å². The fourth-order valence-electron chi connectivity index (χ4n) is 3.86. The van der Waals surface area contributed by atoms with Crippen molar-refractivity contribution in [3.63, 3.8) is 0 Å². The Morgan fingerprint density at radius 1 is 1.07 bits per heavy atom. The molecule has 156 valence electrons. The first kappa shape index (κ1) is 22.1. The van der Waals surface area contributed by atoms with E-state index in [-0.39, 0.29) is 11.8 Å². The van der Waals surface area contributed by atoms with Gasteiger partial charge < -0.3 is 19.7 Å². The van der Waals surface area contributed by atoms with Crippen LogP contribution in [-0.2, 0) is 16.0 Å². The van der Waals surface area contributed by atoms with Crippen molar-refractivity contribution in [2.45, 2.75) is 64.3 Å². The van der Waals surface area contributed by atoms with E-state index in [1.807, 2.05) is 23.1 Å². The number of nitrogens with zero attached hydrogens (tertiary/aromatic N) is 1. The molecule has 1 aliphatic rings. The van der Waals surface area contributed by atoms with Gasteiger partial charge in [0.2, 0.25) is 11.8 Å². The Labute approximate surface area is 168 Å². The summed E-state index contributed by atoms with van der Waals surface area (Å²) in [5, 5.41) is 2.96. The maximum Gasteiger partial charge on any atom is 0.221 e. The zero-order valence-corrected chi connectivity index (χ0v) is 17.5. The number of ether oxygens (including phenoxy) is 2. The number of amides is 2. The summed E-state index contributed by atoms with van der Waals surface area (Å²) in [6, 6.07) is 6.05. The van der Waals surface area contributed by atoms with Gasteiger partial charge in [0.25, 0.3) is 0 Å². The van der Waals surface area contributed by atoms with Crippen LogP contribution in [0.4, 0.5) is 0 Å². The van der Waals surface area contributed by atoms with Crippen molar-refractivity contribution >= 4 is 11.8 Å². The van der Waals surface area contributed by atoms with E-state index in [2.05, 4.69) is 5.32 Å². The number of benzene rings is 1. The fraction of sp³-hybridized carbons (Fsp3) is 0.636. The molecular weight excluding hydrogens is 356 g/mol. The van der Waals surface area contributed by atoms with Crippen LogP contribution in [0.2, 0.25) is 0 Å². The number of hydrogen-bond donors (Lipinski definition) is 1. The summed E-state index contributed by atoms with van der Waals surface area (Å²) < 4.78 is 10.5. The molecule has 28 heavy (non-hydrogen) atoms. The van der Waals surface area contributed by atoms with E-state index in [0.717, 1.165) is 18.4 Å². The molecule has 1 aromatic rings. The highest BCUT2D eigenvalue weighted by atomic mass is 16.5. The third-order valence-corrected chi connectivity index (χ3v) is 5.43. The minimum Gasteiger partial charge on any atom is -0.493 e. The molecule has 0 bridgehead atoms. The SMILES string of the molecule is COc1ccc(CCNC(=O)CCN(C(C)=O)C2CCCCCC2)cc1OC. The van der Waals surface area contributed by atoms with Crippen LogP contribution in [0.25, 0.3) is 0 Å². The Morgan fingerprint density at radius 2 is 1.75 bits per heavy atom. The summed E-state index contributed by atoms with van der Waals surface area (Å²) in [7, 11) is 3.22. The Bertz CT molecular complexity index is 639. The third-order valence-electron chi connectivity index (χ3n) is 5.43. The minimum absolute atomic E-state index is 0.0136. The van der Waals surface area contributed by atoms with Gasteiger partial charge in [0.15, 0.2) is 11.5 Å². The highest BCUT2D eigenvalue weighted by molar-refractivity contribution is 5.78. The second-order valence-electron chi connectivity index (χ2n) is 7.40. The monoisotopic (exact) mass is 390 g/mol. The van der Waals surface area contributed by atoms with Crippen molar-refractivity contribution in [1.82, 2.24) is 10.2 Å². The Balaban J connectivity index is 1.77. The Morgan fingerprint density at radius 3 is 2.36 bits per heavy atom. The van der Waals surface area contributed by atoms with E-state index in [9.17, 15) is 9.59 Å². The third kappa shape index (κ3) is 6.73. The molecule has 0 radical (unpaired) electrons. The molecule has 1 aromatic carbocycles. The zero-order chi connectivity index (χ0) is 20.4. The van der Waals surface area contributed by atoms with Crippen LogP contribution in [0.1, 0.15) is 57.4 Å². The standard InChI is InChI=1S/C22H34N2O4/c1-17(25)24(19-8-6-4-5-7-9-19)15-13-22(26)23-14-12-18-10-11-20(27-2)21(16-18)28-3/h10-11,16,19H,4-9,12-15H2,1-3H3,(H,23,26). The normalized spacial score (nSPS) is 14.8. The average molecular weight is 391 g/mol. The first-order valence-corrected chi connectivity index (χ1v) is 10.3. The highest BCUT2D eigenvalue weighted by Gasteiger charge is 2.22. The maximum atomic E-state index is 12.2. The summed E-state index contributed by atoms with van der Waals surface area (Å²) in [5.41, 5.74) is 1.07. The van der Waals surface area contributed by atoms with Gasteiger partial charge in [-0.3, -0.25) is 9.59 Å². The molecule has 0 unspecified atom stereocenters. The number of carbonyl (C=O) groups excluding carboxylic acids is 2. The van der Waals surface area contributed by atoms with Gasteiger partial charge in [-0.25, -0.2) is 0 Å². The Hall–Kier alpha value is -2.24. The van der Waals surface area contributed by atoms with Gasteiger partial charge >= 0.3 is 0 Å². The molecule has 6 nitrogen and oxygen atoms in total. The molecule has 0 saturated heterocycles. The number of hydrogen-bond acceptors (Lipinski definition) is 4. The van der Waals surface area contributed by atoms with E-state index in [1.165, 1.54) is 25.7 Å². The summed E-state index contributed by atoms with van der Waals surface area (Å²) >= 11 is 0. The molecule has 0 aliphatic heterocycles. The lowest BCUT2D eigenvalue weighted by Crippen LogP contribution is -2.41. The number of carbonyl (C=O) groups is 2. The molecular formula is C22H34N2O4. The Kier molecular flexibility index (Phi) is 9.11. The van der Waals surface area contributed by atoms with Gasteiger partial charge in [-0.1, -0.05) is 31.7 Å². The van der Waals surface area contributed by atoms with Gasteiger partial charge in [-0.05, 0) is 37.0 Å². The second-order valence-corrected chi connectivity index (χ2v) is 7.40. The van der Waals surface area contributed by atoms with Gasteiger partial charge in [-0.15, -0.1) is 0 Å². The second kappa shape index (κ2) is 11.6. The van der Waals surface area contributed by atoms with Crippen molar-refractivity contribution in [1.29, 1.82) is 0 Å². The molecule has 0 heterocycles. The van der Waals surface area contributed by atoms with Crippen LogP contribution in [0.5, 0.6) is 11.5 Å². The quantitative estimate of drug-likeness (QED) is 0.657. The topological polar surface area (TPSA) is 67.9 Å². The van der Waals surface area contributed by atoms with Gasteiger partial charge in [0, 0.05) is 32.5 Å². The molecule has 2 rings (SSSR count). The van der Waals surface area contributed by atoms with Crippen molar-refractivity contribution < 1.29 is 19.1 Å². The summed E-state index contributed by atoms with van der Waals surface area (Å²) in [6.45, 7) is 2.67. The van der Waals surface area contributed by atoms with E-state index < -0.39 is 0 Å². The smallest absolute Gasteiger partial charge is 0.221 e. The van der Waals surface area contributed by atoms with Gasteiger partial charge in [0.1, 0.15) is 0 Å². The van der Waals surface area contributed by atoms with Gasteiger partial charge in [0.05, 0.1) is 14.2 Å². The van der Waals surface area contributed by atoms with Crippen LogP contribution < -0.4 is 14.8 Å². The first-order valence-electron chi connectivity index (χ1n) is 10.3. The predicted octanol–water partition coefficient (Wildman–Crippen LogP) is 3.32. The summed E-state index contributed by atoms with van der Waals surface area (Å²) in [5.74, 6) is 1.44. The van der Waals surface area contributed by atoms with Crippen molar-refractivity contribution in [2.75, 3.05) is 27.3 Å². The maximum absolute atomic E-state index is 12.2. The number of rotatable bonds is 9. The van der Waals surface area contributed by atoms with E-state index in [0.29, 0.717) is 43.5 Å². The molecule has 1 fully saturated rings. The lowest BCUT2D eigenvalue weighted by molar-refractivity contribution is -0.132. The first-order chi connectivity index (χ1) is 13.5. The van der Waals surface area contributed by atoms with Crippen LogP contribution in [0.3, 0.4) is 0 Å². The molecule has 2 amide bonds. The van der Waals surface area contributed by atoms with Crippen molar-refractivity contribution in [2.24, 2.45) is 0 Å². The number of nitrogens with one attached hydrogen (secondary N) is 1. The lowest BCUT2D eigenvalue weighted by atomic mass is 10.1. The molecule has 6 heteroatoms. The van der Waals surface area contributed by atoms with Crippen molar-refractivity contribution in [3.05, 3.63) is 23.8 Å².